The number of Topliss-reactive ketones (excluding diaryl/α,β-unsaturated/α-hetero) is 1. The molecule has 1 heterocycles. The van der Waals surface area contributed by atoms with Crippen LogP contribution in [-0.4, -0.2) is 36.3 Å². The van der Waals surface area contributed by atoms with Crippen molar-refractivity contribution in [3.63, 3.8) is 0 Å². The van der Waals surface area contributed by atoms with Crippen molar-refractivity contribution in [1.82, 2.24) is 4.90 Å². The standard InChI is InChI=1S/C16H21NO3.ClH/c1-13(18)20-15-7-5-14(6-8-15)16(19)9-12-17-10-3-2-4-11-17;/h5-8H,2-4,9-12H2,1H3;1H. The molecule has 0 N–H and O–H groups in total. The summed E-state index contributed by atoms with van der Waals surface area (Å²) in [7, 11) is 0. The Bertz CT molecular complexity index is 467. The molecule has 1 aliphatic heterocycles. The summed E-state index contributed by atoms with van der Waals surface area (Å²) in [5.74, 6) is 0.268. The molecule has 0 bridgehead atoms. The van der Waals surface area contributed by atoms with Gasteiger partial charge in [0.2, 0.25) is 0 Å². The first-order valence-corrected chi connectivity index (χ1v) is 7.19. The Hall–Kier alpha value is -1.39. The molecular weight excluding hydrogens is 290 g/mol. The third kappa shape index (κ3) is 5.86. The first kappa shape index (κ1) is 17.7. The molecule has 1 aromatic carbocycles. The first-order chi connectivity index (χ1) is 9.65. The van der Waals surface area contributed by atoms with Crippen molar-refractivity contribution in [3.05, 3.63) is 29.8 Å². The lowest BCUT2D eigenvalue weighted by molar-refractivity contribution is -0.131. The van der Waals surface area contributed by atoms with Crippen LogP contribution in [0.2, 0.25) is 0 Å². The smallest absolute Gasteiger partial charge is 0.308 e. The predicted molar refractivity (Wildman–Crippen MR) is 84.2 cm³/mol. The Morgan fingerprint density at radius 2 is 1.71 bits per heavy atom. The van der Waals surface area contributed by atoms with Gasteiger partial charge in [-0.05, 0) is 50.2 Å². The number of rotatable bonds is 5. The van der Waals surface area contributed by atoms with E-state index in [9.17, 15) is 9.59 Å². The van der Waals surface area contributed by atoms with Gasteiger partial charge in [0.1, 0.15) is 5.75 Å². The number of likely N-dealkylation sites (tertiary alicyclic amines) is 1. The van der Waals surface area contributed by atoms with Gasteiger partial charge < -0.3 is 9.64 Å². The molecule has 4 nitrogen and oxygen atoms in total. The molecule has 0 aliphatic carbocycles. The Morgan fingerprint density at radius 1 is 1.10 bits per heavy atom. The average Bonchev–Trinajstić information content (AvgIpc) is 2.46. The molecule has 5 heteroatoms. The zero-order valence-electron chi connectivity index (χ0n) is 12.3. The quantitative estimate of drug-likeness (QED) is 0.476. The van der Waals surface area contributed by atoms with Gasteiger partial charge in [0.05, 0.1) is 0 Å². The Morgan fingerprint density at radius 3 is 2.29 bits per heavy atom. The number of hydrogen-bond acceptors (Lipinski definition) is 4. The Labute approximate surface area is 131 Å². The van der Waals surface area contributed by atoms with Crippen LogP contribution in [0.15, 0.2) is 24.3 Å². The normalized spacial score (nSPS) is 15.1. The number of nitrogens with zero attached hydrogens (tertiary/aromatic N) is 1. The van der Waals surface area contributed by atoms with Gasteiger partial charge in [-0.15, -0.1) is 12.4 Å². The summed E-state index contributed by atoms with van der Waals surface area (Å²) in [5, 5.41) is 0. The van der Waals surface area contributed by atoms with E-state index in [0.717, 1.165) is 19.6 Å². The second kappa shape index (κ2) is 8.80. The fraction of sp³-hybridized carbons (Fsp3) is 0.500. The third-order valence-electron chi connectivity index (χ3n) is 3.54. The summed E-state index contributed by atoms with van der Waals surface area (Å²) >= 11 is 0. The maximum atomic E-state index is 12.1. The fourth-order valence-electron chi connectivity index (χ4n) is 2.46. The molecule has 0 amide bonds. The summed E-state index contributed by atoms with van der Waals surface area (Å²) in [6, 6.07) is 6.76. The lowest BCUT2D eigenvalue weighted by Crippen LogP contribution is -2.31. The van der Waals surface area contributed by atoms with Gasteiger partial charge in [-0.25, -0.2) is 0 Å². The van der Waals surface area contributed by atoms with Crippen LogP contribution in [0.25, 0.3) is 0 Å². The van der Waals surface area contributed by atoms with Gasteiger partial charge in [0, 0.05) is 25.5 Å². The second-order valence-corrected chi connectivity index (χ2v) is 5.19. The van der Waals surface area contributed by atoms with E-state index in [4.69, 9.17) is 4.74 Å². The van der Waals surface area contributed by atoms with Gasteiger partial charge in [-0.1, -0.05) is 6.42 Å². The molecular formula is C16H22ClNO3. The Kier molecular flexibility index (Phi) is 7.40. The number of carbonyl (C=O) groups is 2. The highest BCUT2D eigenvalue weighted by atomic mass is 35.5. The van der Waals surface area contributed by atoms with Crippen molar-refractivity contribution >= 4 is 24.2 Å². The zero-order chi connectivity index (χ0) is 14.4. The number of halogens is 1. The summed E-state index contributed by atoms with van der Waals surface area (Å²) in [5.41, 5.74) is 0.679. The van der Waals surface area contributed by atoms with Crippen LogP contribution in [0, 0.1) is 0 Å². The van der Waals surface area contributed by atoms with Gasteiger partial charge in [-0.3, -0.25) is 9.59 Å². The van der Waals surface area contributed by atoms with Crippen LogP contribution in [-0.2, 0) is 4.79 Å². The molecule has 0 spiro atoms. The van der Waals surface area contributed by atoms with Gasteiger partial charge >= 0.3 is 5.97 Å². The van der Waals surface area contributed by atoms with Crippen molar-refractivity contribution in [2.45, 2.75) is 32.6 Å². The largest absolute Gasteiger partial charge is 0.427 e. The van der Waals surface area contributed by atoms with Crippen LogP contribution in [0.1, 0.15) is 43.0 Å². The maximum Gasteiger partial charge on any atom is 0.308 e. The van der Waals surface area contributed by atoms with Crippen molar-refractivity contribution in [1.29, 1.82) is 0 Å². The lowest BCUT2D eigenvalue weighted by Gasteiger charge is -2.25. The molecule has 21 heavy (non-hydrogen) atoms. The summed E-state index contributed by atoms with van der Waals surface area (Å²) < 4.78 is 4.95. The Balaban J connectivity index is 0.00000220. The minimum atomic E-state index is -0.353. The molecule has 0 aromatic heterocycles. The van der Waals surface area contributed by atoms with Crippen molar-refractivity contribution in [3.8, 4) is 5.75 Å². The monoisotopic (exact) mass is 311 g/mol. The SMILES string of the molecule is CC(=O)Oc1ccc(C(=O)CCN2CCCCC2)cc1.Cl. The number of ether oxygens (including phenoxy) is 1. The predicted octanol–water partition coefficient (Wildman–Crippen LogP) is 3.09. The fourth-order valence-corrected chi connectivity index (χ4v) is 2.46. The molecule has 2 rings (SSSR count). The molecule has 0 unspecified atom stereocenters. The third-order valence-corrected chi connectivity index (χ3v) is 3.54. The molecule has 0 radical (unpaired) electrons. The minimum absolute atomic E-state index is 0. The van der Waals surface area contributed by atoms with E-state index in [1.807, 2.05) is 0 Å². The molecule has 1 aromatic rings. The second-order valence-electron chi connectivity index (χ2n) is 5.19. The molecule has 0 atom stereocenters. The summed E-state index contributed by atoms with van der Waals surface area (Å²) in [6.07, 6.45) is 4.34. The van der Waals surface area contributed by atoms with E-state index in [-0.39, 0.29) is 24.2 Å². The van der Waals surface area contributed by atoms with Gasteiger partial charge in [0.15, 0.2) is 5.78 Å². The molecule has 1 saturated heterocycles. The number of esters is 1. The van der Waals surface area contributed by atoms with Crippen LogP contribution >= 0.6 is 12.4 Å². The number of piperidine rings is 1. The molecule has 1 aliphatic rings. The molecule has 116 valence electrons. The molecule has 1 fully saturated rings. The van der Waals surface area contributed by atoms with E-state index in [1.165, 1.54) is 26.2 Å². The highest BCUT2D eigenvalue weighted by molar-refractivity contribution is 5.96. The number of benzene rings is 1. The van der Waals surface area contributed by atoms with Crippen LogP contribution in [0.4, 0.5) is 0 Å². The highest BCUT2D eigenvalue weighted by Crippen LogP contribution is 2.15. The average molecular weight is 312 g/mol. The minimum Gasteiger partial charge on any atom is -0.427 e. The number of hydrogen-bond donors (Lipinski definition) is 0. The number of ketones is 1. The van der Waals surface area contributed by atoms with Crippen molar-refractivity contribution in [2.75, 3.05) is 19.6 Å². The van der Waals surface area contributed by atoms with E-state index >= 15 is 0 Å². The van der Waals surface area contributed by atoms with Gasteiger partial charge in [0.25, 0.3) is 0 Å². The first-order valence-electron chi connectivity index (χ1n) is 7.19. The number of carbonyl (C=O) groups excluding carboxylic acids is 2. The van der Waals surface area contributed by atoms with Gasteiger partial charge in [-0.2, -0.15) is 0 Å². The molecule has 0 saturated carbocycles. The zero-order valence-corrected chi connectivity index (χ0v) is 13.2. The van der Waals surface area contributed by atoms with Crippen LogP contribution < -0.4 is 4.74 Å². The van der Waals surface area contributed by atoms with E-state index in [0.29, 0.717) is 17.7 Å². The van der Waals surface area contributed by atoms with E-state index < -0.39 is 0 Å². The van der Waals surface area contributed by atoms with E-state index in [2.05, 4.69) is 4.90 Å². The topological polar surface area (TPSA) is 46.6 Å². The van der Waals surface area contributed by atoms with Crippen LogP contribution in [0.3, 0.4) is 0 Å². The lowest BCUT2D eigenvalue weighted by atomic mass is 10.1. The van der Waals surface area contributed by atoms with Crippen molar-refractivity contribution in [2.24, 2.45) is 0 Å². The highest BCUT2D eigenvalue weighted by Gasteiger charge is 2.12. The summed E-state index contributed by atoms with van der Waals surface area (Å²) in [6.45, 7) is 4.42. The van der Waals surface area contributed by atoms with Crippen LogP contribution in [0.5, 0.6) is 5.75 Å². The summed E-state index contributed by atoms with van der Waals surface area (Å²) in [4.78, 5) is 25.3. The van der Waals surface area contributed by atoms with Crippen molar-refractivity contribution < 1.29 is 14.3 Å². The van der Waals surface area contributed by atoms with E-state index in [1.54, 1.807) is 24.3 Å². The maximum absolute atomic E-state index is 12.1.